The molecule has 1 atom stereocenters. The number of benzene rings is 2. The third-order valence-electron chi connectivity index (χ3n) is 6.34. The van der Waals surface area contributed by atoms with Gasteiger partial charge in [0.1, 0.15) is 11.3 Å². The molecule has 162 valence electrons. The van der Waals surface area contributed by atoms with Crippen LogP contribution in [0.1, 0.15) is 16.9 Å². The van der Waals surface area contributed by atoms with Gasteiger partial charge in [-0.1, -0.05) is 48.5 Å². The molecular formula is C27H27N3O2. The molecule has 2 aromatic carbocycles. The van der Waals surface area contributed by atoms with E-state index in [1.165, 1.54) is 11.1 Å². The van der Waals surface area contributed by atoms with Crippen molar-refractivity contribution in [2.24, 2.45) is 5.92 Å². The van der Waals surface area contributed by atoms with E-state index in [4.69, 9.17) is 4.42 Å². The van der Waals surface area contributed by atoms with Gasteiger partial charge in [-0.25, -0.2) is 0 Å². The average Bonchev–Trinajstić information content (AvgIpc) is 3.03. The Morgan fingerprint density at radius 2 is 1.94 bits per heavy atom. The lowest BCUT2D eigenvalue weighted by atomic mass is 9.92. The normalized spacial score (nSPS) is 17.3. The van der Waals surface area contributed by atoms with E-state index in [9.17, 15) is 4.79 Å². The molecule has 1 amide bonds. The minimum Gasteiger partial charge on any atom is -0.459 e. The Morgan fingerprint density at radius 1 is 1.09 bits per heavy atom. The summed E-state index contributed by atoms with van der Waals surface area (Å²) in [5.74, 6) is 0.977. The van der Waals surface area contributed by atoms with Gasteiger partial charge in [0.15, 0.2) is 0 Å². The molecule has 1 N–H and O–H groups in total. The molecule has 5 heteroatoms. The molecule has 0 aliphatic carbocycles. The predicted molar refractivity (Wildman–Crippen MR) is 126 cm³/mol. The lowest BCUT2D eigenvalue weighted by Gasteiger charge is -2.23. The number of amides is 1. The van der Waals surface area contributed by atoms with Gasteiger partial charge in [-0.15, -0.1) is 0 Å². The maximum atomic E-state index is 12.9. The Labute approximate surface area is 188 Å². The molecule has 5 nitrogen and oxygen atoms in total. The van der Waals surface area contributed by atoms with Crippen LogP contribution in [0.4, 0.5) is 0 Å². The third kappa shape index (κ3) is 4.16. The number of para-hydroxylation sites is 1. The summed E-state index contributed by atoms with van der Waals surface area (Å²) in [7, 11) is 0. The number of carbonyl (C=O) groups excluding carboxylic acids is 1. The first-order valence-corrected chi connectivity index (χ1v) is 11.1. The zero-order chi connectivity index (χ0) is 21.9. The van der Waals surface area contributed by atoms with Gasteiger partial charge in [-0.05, 0) is 42.2 Å². The number of rotatable bonds is 5. The number of carbonyl (C=O) groups is 1. The van der Waals surface area contributed by atoms with Crippen molar-refractivity contribution in [2.45, 2.75) is 19.9 Å². The molecule has 4 aromatic rings. The highest BCUT2D eigenvalue weighted by atomic mass is 16.3. The van der Waals surface area contributed by atoms with Crippen molar-refractivity contribution < 1.29 is 9.21 Å². The van der Waals surface area contributed by atoms with Crippen molar-refractivity contribution in [3.63, 3.8) is 0 Å². The Morgan fingerprint density at radius 3 is 2.78 bits per heavy atom. The summed E-state index contributed by atoms with van der Waals surface area (Å²) >= 11 is 0. The monoisotopic (exact) mass is 425 g/mol. The Bertz CT molecular complexity index is 1230. The van der Waals surface area contributed by atoms with E-state index in [0.717, 1.165) is 34.4 Å². The maximum Gasteiger partial charge on any atom is 0.224 e. The van der Waals surface area contributed by atoms with Crippen molar-refractivity contribution >= 4 is 16.9 Å². The predicted octanol–water partition coefficient (Wildman–Crippen LogP) is 4.59. The highest BCUT2D eigenvalue weighted by Crippen LogP contribution is 2.28. The Balaban J connectivity index is 1.38. The quantitative estimate of drug-likeness (QED) is 0.508. The fourth-order valence-corrected chi connectivity index (χ4v) is 4.61. The Kier molecular flexibility index (Phi) is 5.73. The summed E-state index contributed by atoms with van der Waals surface area (Å²) in [5.41, 5.74) is 5.49. The van der Waals surface area contributed by atoms with Gasteiger partial charge in [-0.3, -0.25) is 14.7 Å². The molecule has 1 saturated heterocycles. The van der Waals surface area contributed by atoms with Gasteiger partial charge in [0.25, 0.3) is 0 Å². The summed E-state index contributed by atoms with van der Waals surface area (Å²) in [5, 5.41) is 4.27. The maximum absolute atomic E-state index is 12.9. The largest absolute Gasteiger partial charge is 0.459 e. The number of nitrogens with zero attached hydrogens (tertiary/aromatic N) is 2. The van der Waals surface area contributed by atoms with Crippen LogP contribution >= 0.6 is 0 Å². The molecule has 0 spiro atoms. The molecule has 1 aliphatic heterocycles. The lowest BCUT2D eigenvalue weighted by molar-refractivity contribution is -0.124. The number of hydrogen-bond acceptors (Lipinski definition) is 4. The number of pyridine rings is 1. The van der Waals surface area contributed by atoms with E-state index < -0.39 is 0 Å². The molecule has 5 rings (SSSR count). The smallest absolute Gasteiger partial charge is 0.224 e. The first kappa shape index (κ1) is 20.5. The number of hydrogen-bond donors (Lipinski definition) is 1. The molecule has 1 fully saturated rings. The van der Waals surface area contributed by atoms with E-state index in [1.807, 2.05) is 42.6 Å². The van der Waals surface area contributed by atoms with Crippen LogP contribution in [-0.4, -0.2) is 35.4 Å². The number of nitrogens with one attached hydrogen (secondary N) is 1. The minimum absolute atomic E-state index is 0.120. The molecule has 1 aliphatic rings. The fourth-order valence-electron chi connectivity index (χ4n) is 4.61. The number of furan rings is 1. The van der Waals surface area contributed by atoms with Crippen LogP contribution in [0.25, 0.3) is 22.1 Å². The first-order valence-electron chi connectivity index (χ1n) is 11.1. The van der Waals surface area contributed by atoms with Gasteiger partial charge < -0.3 is 9.73 Å². The van der Waals surface area contributed by atoms with Crippen LogP contribution < -0.4 is 5.32 Å². The SMILES string of the molecule is Cc1c(CN2CCNC(=O)C(Cc3ccccc3-c3cccnc3)C2)oc2ccccc12. The molecule has 32 heavy (non-hydrogen) atoms. The number of aromatic nitrogens is 1. The second-order valence-corrected chi connectivity index (χ2v) is 8.47. The van der Waals surface area contributed by atoms with E-state index in [1.54, 1.807) is 6.20 Å². The van der Waals surface area contributed by atoms with Crippen molar-refractivity contribution in [3.8, 4) is 11.1 Å². The van der Waals surface area contributed by atoms with Crippen LogP contribution in [-0.2, 0) is 17.8 Å². The zero-order valence-corrected chi connectivity index (χ0v) is 18.3. The van der Waals surface area contributed by atoms with E-state index >= 15 is 0 Å². The van der Waals surface area contributed by atoms with Gasteiger partial charge >= 0.3 is 0 Å². The summed E-state index contributed by atoms with van der Waals surface area (Å²) in [6, 6.07) is 20.5. The van der Waals surface area contributed by atoms with Crippen molar-refractivity contribution in [3.05, 3.63) is 89.9 Å². The topological polar surface area (TPSA) is 58.4 Å². The minimum atomic E-state index is -0.125. The highest BCUT2D eigenvalue weighted by molar-refractivity contribution is 5.82. The molecule has 0 bridgehead atoms. The second kappa shape index (κ2) is 8.97. The van der Waals surface area contributed by atoms with E-state index in [0.29, 0.717) is 26.1 Å². The summed E-state index contributed by atoms with van der Waals surface area (Å²) in [6.07, 6.45) is 4.35. The summed E-state index contributed by atoms with van der Waals surface area (Å²) in [4.78, 5) is 19.5. The second-order valence-electron chi connectivity index (χ2n) is 8.47. The van der Waals surface area contributed by atoms with Gasteiger partial charge in [0, 0.05) is 43.0 Å². The van der Waals surface area contributed by atoms with Crippen LogP contribution in [0.3, 0.4) is 0 Å². The summed E-state index contributed by atoms with van der Waals surface area (Å²) < 4.78 is 6.15. The average molecular weight is 426 g/mol. The fraction of sp³-hybridized carbons (Fsp3) is 0.259. The van der Waals surface area contributed by atoms with Gasteiger partial charge in [0.2, 0.25) is 5.91 Å². The zero-order valence-electron chi connectivity index (χ0n) is 18.3. The number of fused-ring (bicyclic) bond motifs is 1. The van der Waals surface area contributed by atoms with Gasteiger partial charge in [0.05, 0.1) is 12.5 Å². The summed E-state index contributed by atoms with van der Waals surface area (Å²) in [6.45, 7) is 4.98. The van der Waals surface area contributed by atoms with Crippen molar-refractivity contribution in [1.29, 1.82) is 0 Å². The molecule has 1 unspecified atom stereocenters. The van der Waals surface area contributed by atoms with Crippen molar-refractivity contribution in [2.75, 3.05) is 19.6 Å². The first-order chi connectivity index (χ1) is 15.7. The van der Waals surface area contributed by atoms with Crippen LogP contribution in [0.5, 0.6) is 0 Å². The van der Waals surface area contributed by atoms with Crippen molar-refractivity contribution in [1.82, 2.24) is 15.2 Å². The van der Waals surface area contributed by atoms with Crippen LogP contribution in [0, 0.1) is 12.8 Å². The Hall–Kier alpha value is -3.44. The number of aryl methyl sites for hydroxylation is 1. The molecular weight excluding hydrogens is 398 g/mol. The molecule has 3 heterocycles. The standard InChI is InChI=1S/C27H27N3O2/c1-19-23-9-4-5-11-25(23)32-26(19)18-30-14-13-29-27(31)22(17-30)15-20-7-2-3-10-24(20)21-8-6-12-28-16-21/h2-12,16,22H,13-15,17-18H2,1H3,(H,29,31). The van der Waals surface area contributed by atoms with Crippen LogP contribution in [0.2, 0.25) is 0 Å². The third-order valence-corrected chi connectivity index (χ3v) is 6.34. The van der Waals surface area contributed by atoms with E-state index in [-0.39, 0.29) is 11.8 Å². The highest BCUT2D eigenvalue weighted by Gasteiger charge is 2.27. The molecule has 0 radical (unpaired) electrons. The molecule has 0 saturated carbocycles. The van der Waals surface area contributed by atoms with Gasteiger partial charge in [-0.2, -0.15) is 0 Å². The van der Waals surface area contributed by atoms with Crippen LogP contribution in [0.15, 0.2) is 77.5 Å². The van der Waals surface area contributed by atoms with E-state index in [2.05, 4.69) is 46.4 Å². The lowest BCUT2D eigenvalue weighted by Crippen LogP contribution is -2.33. The molecule has 2 aromatic heterocycles.